The van der Waals surface area contributed by atoms with Crippen LogP contribution in [0, 0.1) is 13.8 Å². The summed E-state index contributed by atoms with van der Waals surface area (Å²) in [6.07, 6.45) is -9.62. The summed E-state index contributed by atoms with van der Waals surface area (Å²) in [6, 6.07) is 15.6. The van der Waals surface area contributed by atoms with Gasteiger partial charge in [-0.1, -0.05) is 24.3 Å². The highest BCUT2D eigenvalue weighted by Gasteiger charge is 2.33. The summed E-state index contributed by atoms with van der Waals surface area (Å²) in [6.45, 7) is 8.70. The number of amides is 1. The van der Waals surface area contributed by atoms with Crippen molar-refractivity contribution in [2.75, 3.05) is 4.90 Å². The summed E-state index contributed by atoms with van der Waals surface area (Å²) in [7, 11) is 0. The Morgan fingerprint density at radius 3 is 1.45 bits per heavy atom. The number of hydrogen-bond acceptors (Lipinski definition) is 4. The molecule has 2 aromatic heterocycles. The quantitative estimate of drug-likeness (QED) is 0.223. The molecule has 42 heavy (non-hydrogen) atoms. The zero-order chi connectivity index (χ0) is 31.0. The van der Waals surface area contributed by atoms with Crippen molar-refractivity contribution in [2.45, 2.75) is 52.5 Å². The van der Waals surface area contributed by atoms with Crippen LogP contribution in [0.25, 0.3) is 22.5 Å². The number of rotatable bonds is 4. The molecule has 11 heteroatoms. The molecular weight excluding hydrogens is 560 g/mol. The maximum Gasteiger partial charge on any atom is 0.420 e. The maximum atomic E-state index is 13.5. The highest BCUT2D eigenvalue weighted by atomic mass is 19.4. The molecule has 0 unspecified atom stereocenters. The molecule has 0 spiro atoms. The fourth-order valence-corrected chi connectivity index (χ4v) is 4.30. The predicted octanol–water partition coefficient (Wildman–Crippen LogP) is 9.27. The summed E-state index contributed by atoms with van der Waals surface area (Å²) in [4.78, 5) is 23.8. The van der Waals surface area contributed by atoms with E-state index in [-0.39, 0.29) is 5.75 Å². The van der Waals surface area contributed by atoms with Gasteiger partial charge >= 0.3 is 18.4 Å². The first-order valence-corrected chi connectivity index (χ1v) is 12.8. The lowest BCUT2D eigenvalue weighted by Crippen LogP contribution is -2.48. The van der Waals surface area contributed by atoms with Crippen molar-refractivity contribution in [1.82, 2.24) is 9.97 Å². The molecule has 4 rings (SSSR count). The highest BCUT2D eigenvalue weighted by Crippen LogP contribution is 2.34. The van der Waals surface area contributed by atoms with Crippen molar-refractivity contribution in [3.05, 3.63) is 95.3 Å². The molecule has 0 saturated carbocycles. The molecule has 1 amide bonds. The van der Waals surface area contributed by atoms with Crippen LogP contribution in [0.1, 0.15) is 43.3 Å². The van der Waals surface area contributed by atoms with Crippen LogP contribution in [0.4, 0.5) is 36.8 Å². The first kappa shape index (κ1) is 30.5. The lowest BCUT2D eigenvalue weighted by Gasteiger charge is -2.35. The Kier molecular flexibility index (Phi) is 8.08. The fourth-order valence-electron chi connectivity index (χ4n) is 4.30. The number of aryl methyl sites for hydroxylation is 2. The zero-order valence-electron chi connectivity index (χ0n) is 23.4. The molecule has 0 bridgehead atoms. The second-order valence-corrected chi connectivity index (χ2v) is 10.6. The second kappa shape index (κ2) is 11.1. The Morgan fingerprint density at radius 1 is 0.643 bits per heavy atom. The van der Waals surface area contributed by atoms with Gasteiger partial charge in [0.15, 0.2) is 5.75 Å². The van der Waals surface area contributed by atoms with Crippen LogP contribution in [-0.4, -0.2) is 21.6 Å². The van der Waals surface area contributed by atoms with Crippen LogP contribution in [-0.2, 0) is 12.4 Å². The zero-order valence-corrected chi connectivity index (χ0v) is 23.4. The molecule has 0 aliphatic carbocycles. The number of pyridine rings is 2. The number of nitrogens with zero attached hydrogens (tertiary/aromatic N) is 3. The normalized spacial score (nSPS) is 12.3. The molecule has 0 aliphatic heterocycles. The number of aromatic nitrogens is 2. The van der Waals surface area contributed by atoms with Crippen molar-refractivity contribution >= 4 is 11.8 Å². The van der Waals surface area contributed by atoms with Crippen LogP contribution >= 0.6 is 0 Å². The molecule has 0 aliphatic rings. The number of alkyl halides is 6. The summed E-state index contributed by atoms with van der Waals surface area (Å²) < 4.78 is 83.2. The number of hydrogen-bond donors (Lipinski definition) is 0. The van der Waals surface area contributed by atoms with Gasteiger partial charge in [-0.25, -0.2) is 9.78 Å². The van der Waals surface area contributed by atoms with E-state index < -0.39 is 35.1 Å². The van der Waals surface area contributed by atoms with E-state index in [1.54, 1.807) is 52.8 Å². The topological polar surface area (TPSA) is 55.3 Å². The molecule has 220 valence electrons. The number of benzene rings is 2. The fraction of sp³-hybridized carbons (Fsp3) is 0.258. The lowest BCUT2D eigenvalue weighted by atomic mass is 10.0. The van der Waals surface area contributed by atoms with Gasteiger partial charge in [0.2, 0.25) is 0 Å². The van der Waals surface area contributed by atoms with Crippen molar-refractivity contribution in [3.8, 4) is 28.3 Å². The molecule has 0 saturated heterocycles. The van der Waals surface area contributed by atoms with Gasteiger partial charge in [0.1, 0.15) is 0 Å². The third-order valence-corrected chi connectivity index (χ3v) is 6.40. The average Bonchev–Trinajstić information content (AvgIpc) is 2.89. The third kappa shape index (κ3) is 6.72. The van der Waals surface area contributed by atoms with Gasteiger partial charge in [0.05, 0.1) is 39.6 Å². The average molecular weight is 588 g/mol. The number of halogens is 6. The molecule has 2 heterocycles. The van der Waals surface area contributed by atoms with Gasteiger partial charge in [-0.2, -0.15) is 26.3 Å². The number of carbonyl (C=O) groups excluding carboxylic acids is 1. The van der Waals surface area contributed by atoms with Crippen molar-refractivity contribution < 1.29 is 35.9 Å². The van der Waals surface area contributed by atoms with Gasteiger partial charge in [-0.05, 0) is 83.1 Å². The van der Waals surface area contributed by atoms with E-state index in [9.17, 15) is 31.1 Å². The molecule has 0 fully saturated rings. The van der Waals surface area contributed by atoms with Gasteiger partial charge in [-0.3, -0.25) is 9.88 Å². The van der Waals surface area contributed by atoms with E-state index >= 15 is 0 Å². The first-order chi connectivity index (χ1) is 19.4. The second-order valence-electron chi connectivity index (χ2n) is 10.6. The van der Waals surface area contributed by atoms with E-state index in [0.29, 0.717) is 39.6 Å². The van der Waals surface area contributed by atoms with Crippen molar-refractivity contribution in [1.29, 1.82) is 0 Å². The van der Waals surface area contributed by atoms with Crippen LogP contribution in [0.5, 0.6) is 5.75 Å². The van der Waals surface area contributed by atoms with Gasteiger partial charge < -0.3 is 4.74 Å². The Bertz CT molecular complexity index is 1590. The molecule has 0 atom stereocenters. The molecule has 0 N–H and O–H groups in total. The molecule has 2 aromatic carbocycles. The minimum Gasteiger partial charge on any atom is -0.408 e. The molecular formula is C31H27F6N3O2. The number of ether oxygens (including phenoxy) is 1. The van der Waals surface area contributed by atoms with Crippen molar-refractivity contribution in [3.63, 3.8) is 0 Å². The van der Waals surface area contributed by atoms with Gasteiger partial charge in [0.25, 0.3) is 0 Å². The summed E-state index contributed by atoms with van der Waals surface area (Å²) in [5.74, 6) is 0.164. The lowest BCUT2D eigenvalue weighted by molar-refractivity contribution is -0.138. The van der Waals surface area contributed by atoms with E-state index in [1.165, 1.54) is 35.2 Å². The maximum absolute atomic E-state index is 13.5. The van der Waals surface area contributed by atoms with Crippen LogP contribution < -0.4 is 9.64 Å². The Balaban J connectivity index is 1.58. The standard InChI is InChI=1S/C31H27F6N3O2/c1-18-26(16-14-24(38-18)20-6-10-22(11-7-20)30(32,33)34)40(29(3,4)5)28(41)42-27-17-15-25(39-19(27)2)21-8-12-23(13-9-21)31(35,36)37/h6-17H,1-5H3. The Labute approximate surface area is 238 Å². The van der Waals surface area contributed by atoms with Crippen molar-refractivity contribution in [2.24, 2.45) is 0 Å². The monoisotopic (exact) mass is 587 g/mol. The SMILES string of the molecule is Cc1nc(-c2ccc(C(F)(F)F)cc2)ccc1OC(=O)N(c1ccc(-c2ccc(C(F)(F)F)cc2)nc1C)C(C)(C)C. The van der Waals surface area contributed by atoms with Crippen LogP contribution in [0.15, 0.2) is 72.8 Å². The molecule has 0 radical (unpaired) electrons. The molecule has 4 aromatic rings. The summed E-state index contributed by atoms with van der Waals surface area (Å²) >= 11 is 0. The minimum atomic E-state index is -4.45. The third-order valence-electron chi connectivity index (χ3n) is 6.40. The largest absolute Gasteiger partial charge is 0.420 e. The van der Waals surface area contributed by atoms with E-state index in [1.807, 2.05) is 0 Å². The van der Waals surface area contributed by atoms with E-state index in [4.69, 9.17) is 4.74 Å². The van der Waals surface area contributed by atoms with Crippen LogP contribution in [0.3, 0.4) is 0 Å². The first-order valence-electron chi connectivity index (χ1n) is 12.8. The Morgan fingerprint density at radius 2 is 1.07 bits per heavy atom. The van der Waals surface area contributed by atoms with Gasteiger partial charge in [0, 0.05) is 16.7 Å². The Hall–Kier alpha value is -4.41. The van der Waals surface area contributed by atoms with Crippen LogP contribution in [0.2, 0.25) is 0 Å². The number of carbonyl (C=O) groups is 1. The highest BCUT2D eigenvalue weighted by molar-refractivity contribution is 5.91. The van der Waals surface area contributed by atoms with Gasteiger partial charge in [-0.15, -0.1) is 0 Å². The smallest absolute Gasteiger partial charge is 0.408 e. The molecule has 5 nitrogen and oxygen atoms in total. The predicted molar refractivity (Wildman–Crippen MR) is 147 cm³/mol. The minimum absolute atomic E-state index is 0.164. The summed E-state index contributed by atoms with van der Waals surface area (Å²) in [5, 5.41) is 0. The van der Waals surface area contributed by atoms with E-state index in [0.717, 1.165) is 24.3 Å². The summed E-state index contributed by atoms with van der Waals surface area (Å²) in [5.41, 5.74) is 0.739. The van der Waals surface area contributed by atoms with E-state index in [2.05, 4.69) is 9.97 Å². The number of anilines is 1.